The molecule has 0 bridgehead atoms. The van der Waals surface area contributed by atoms with Gasteiger partial charge in [-0.3, -0.25) is 0 Å². The van der Waals surface area contributed by atoms with Gasteiger partial charge in [-0.25, -0.2) is 0 Å². The molecule has 2 nitrogen and oxygen atoms in total. The molecule has 2 aromatic rings. The summed E-state index contributed by atoms with van der Waals surface area (Å²) in [6, 6.07) is 11.2. The lowest BCUT2D eigenvalue weighted by molar-refractivity contribution is 0.168. The molecule has 1 aliphatic rings. The molecule has 2 atom stereocenters. The van der Waals surface area contributed by atoms with Crippen molar-refractivity contribution >= 4 is 11.3 Å². The van der Waals surface area contributed by atoms with E-state index in [1.807, 2.05) is 16.8 Å². The Morgan fingerprint density at radius 2 is 2.11 bits per heavy atom. The number of hydrogen-bond donors (Lipinski definition) is 2. The van der Waals surface area contributed by atoms with Crippen LogP contribution >= 0.6 is 11.3 Å². The molecule has 2 unspecified atom stereocenters. The normalized spacial score (nSPS) is 19.9. The fraction of sp³-hybridized carbons (Fsp3) is 0.375. The lowest BCUT2D eigenvalue weighted by Crippen LogP contribution is -2.37. The molecule has 0 saturated carbocycles. The molecule has 0 amide bonds. The fourth-order valence-electron chi connectivity index (χ4n) is 2.73. The van der Waals surface area contributed by atoms with Crippen LogP contribution in [0.15, 0.2) is 41.1 Å². The molecular formula is C16H19NOS. The maximum Gasteiger partial charge on any atom is 0.0922 e. The Labute approximate surface area is 118 Å². The van der Waals surface area contributed by atoms with Gasteiger partial charge in [-0.1, -0.05) is 24.3 Å². The van der Waals surface area contributed by atoms with Crippen LogP contribution in [0.1, 0.15) is 29.2 Å². The van der Waals surface area contributed by atoms with Crippen molar-refractivity contribution in [3.8, 4) is 0 Å². The number of aliphatic hydroxyl groups is 1. The van der Waals surface area contributed by atoms with Crippen LogP contribution in [0.2, 0.25) is 0 Å². The predicted molar refractivity (Wildman–Crippen MR) is 79.5 cm³/mol. The van der Waals surface area contributed by atoms with Crippen LogP contribution in [0.25, 0.3) is 0 Å². The Balaban J connectivity index is 1.55. The van der Waals surface area contributed by atoms with Crippen LogP contribution in [0.5, 0.6) is 0 Å². The Morgan fingerprint density at radius 1 is 1.26 bits per heavy atom. The van der Waals surface area contributed by atoms with Crippen LogP contribution < -0.4 is 5.32 Å². The number of thiophene rings is 1. The van der Waals surface area contributed by atoms with E-state index in [1.54, 1.807) is 11.3 Å². The second kappa shape index (κ2) is 5.87. The third kappa shape index (κ3) is 3.06. The van der Waals surface area contributed by atoms with Gasteiger partial charge in [-0.15, -0.1) is 0 Å². The van der Waals surface area contributed by atoms with Gasteiger partial charge in [0.15, 0.2) is 0 Å². The summed E-state index contributed by atoms with van der Waals surface area (Å²) in [5.74, 6) is 0. The minimum absolute atomic E-state index is 0.386. The number of fused-ring (bicyclic) bond motifs is 1. The summed E-state index contributed by atoms with van der Waals surface area (Å²) in [4.78, 5) is 0. The Hall–Kier alpha value is -1.16. The summed E-state index contributed by atoms with van der Waals surface area (Å²) in [7, 11) is 0. The maximum absolute atomic E-state index is 10.1. The average molecular weight is 273 g/mol. The number of nitrogens with one attached hydrogen (secondary N) is 1. The summed E-state index contributed by atoms with van der Waals surface area (Å²) in [6.45, 7) is 0.642. The first-order chi connectivity index (χ1) is 9.33. The van der Waals surface area contributed by atoms with Gasteiger partial charge in [-0.05, 0) is 52.8 Å². The van der Waals surface area contributed by atoms with Gasteiger partial charge in [-0.2, -0.15) is 11.3 Å². The van der Waals surface area contributed by atoms with E-state index in [4.69, 9.17) is 0 Å². The van der Waals surface area contributed by atoms with Crippen molar-refractivity contribution in [3.63, 3.8) is 0 Å². The molecular weight excluding hydrogens is 254 g/mol. The highest BCUT2D eigenvalue weighted by Gasteiger charge is 2.18. The van der Waals surface area contributed by atoms with E-state index < -0.39 is 0 Å². The summed E-state index contributed by atoms with van der Waals surface area (Å²) in [5.41, 5.74) is 3.96. The Kier molecular flexibility index (Phi) is 3.97. The molecule has 1 aromatic heterocycles. The zero-order valence-corrected chi connectivity index (χ0v) is 11.7. The van der Waals surface area contributed by atoms with Crippen molar-refractivity contribution in [2.24, 2.45) is 0 Å². The monoisotopic (exact) mass is 273 g/mol. The van der Waals surface area contributed by atoms with Crippen molar-refractivity contribution in [1.29, 1.82) is 0 Å². The summed E-state index contributed by atoms with van der Waals surface area (Å²) in [5, 5.41) is 17.6. The lowest BCUT2D eigenvalue weighted by atomic mass is 9.88. The van der Waals surface area contributed by atoms with Crippen molar-refractivity contribution < 1.29 is 5.11 Å². The van der Waals surface area contributed by atoms with Gasteiger partial charge in [0.1, 0.15) is 0 Å². The summed E-state index contributed by atoms with van der Waals surface area (Å²) in [6.07, 6.45) is 2.99. The van der Waals surface area contributed by atoms with Crippen LogP contribution in [0.3, 0.4) is 0 Å². The van der Waals surface area contributed by atoms with Crippen molar-refractivity contribution in [3.05, 3.63) is 57.8 Å². The molecule has 3 rings (SSSR count). The third-order valence-corrected chi connectivity index (χ3v) is 4.58. The first-order valence-corrected chi connectivity index (χ1v) is 7.77. The second-order valence-electron chi connectivity index (χ2n) is 5.19. The maximum atomic E-state index is 10.1. The highest BCUT2D eigenvalue weighted by atomic mass is 32.1. The number of aryl methyl sites for hydroxylation is 1. The van der Waals surface area contributed by atoms with Crippen LogP contribution in [-0.4, -0.2) is 17.7 Å². The zero-order chi connectivity index (χ0) is 13.1. The third-order valence-electron chi connectivity index (χ3n) is 3.87. The van der Waals surface area contributed by atoms with Crippen LogP contribution in [0.4, 0.5) is 0 Å². The number of hydrogen-bond acceptors (Lipinski definition) is 3. The Morgan fingerprint density at radius 3 is 2.89 bits per heavy atom. The van der Waals surface area contributed by atoms with E-state index in [9.17, 15) is 5.11 Å². The van der Waals surface area contributed by atoms with Crippen molar-refractivity contribution in [1.82, 2.24) is 5.32 Å². The van der Waals surface area contributed by atoms with Crippen molar-refractivity contribution in [2.75, 3.05) is 6.54 Å². The number of benzene rings is 1. The molecule has 0 radical (unpaired) electrons. The van der Waals surface area contributed by atoms with Gasteiger partial charge in [0.25, 0.3) is 0 Å². The van der Waals surface area contributed by atoms with Gasteiger partial charge in [0, 0.05) is 12.6 Å². The smallest absolute Gasteiger partial charge is 0.0922 e. The quantitative estimate of drug-likeness (QED) is 0.897. The minimum atomic E-state index is -0.386. The van der Waals surface area contributed by atoms with Gasteiger partial charge in [0.05, 0.1) is 6.10 Å². The highest BCUT2D eigenvalue weighted by molar-refractivity contribution is 7.07. The molecule has 100 valence electrons. The molecule has 1 heterocycles. The summed E-state index contributed by atoms with van der Waals surface area (Å²) < 4.78 is 0. The first kappa shape index (κ1) is 12.9. The molecule has 1 aromatic carbocycles. The van der Waals surface area contributed by atoms with E-state index >= 15 is 0 Å². The van der Waals surface area contributed by atoms with Gasteiger partial charge >= 0.3 is 0 Å². The van der Waals surface area contributed by atoms with Crippen molar-refractivity contribution in [2.45, 2.75) is 31.4 Å². The standard InChI is InChI=1S/C16H19NOS/c18-16(14-7-8-19-11-14)10-17-15-6-5-12-3-1-2-4-13(12)9-15/h1-4,7-8,11,15-18H,5-6,9-10H2. The van der Waals surface area contributed by atoms with E-state index in [-0.39, 0.29) is 6.10 Å². The molecule has 3 heteroatoms. The molecule has 0 saturated heterocycles. The fourth-order valence-corrected chi connectivity index (χ4v) is 3.44. The minimum Gasteiger partial charge on any atom is -0.387 e. The van der Waals surface area contributed by atoms with E-state index in [2.05, 4.69) is 29.6 Å². The molecule has 19 heavy (non-hydrogen) atoms. The van der Waals surface area contributed by atoms with Crippen LogP contribution in [-0.2, 0) is 12.8 Å². The Bertz CT molecular complexity index is 523. The topological polar surface area (TPSA) is 32.3 Å². The molecule has 1 aliphatic carbocycles. The van der Waals surface area contributed by atoms with E-state index in [1.165, 1.54) is 11.1 Å². The van der Waals surface area contributed by atoms with E-state index in [0.29, 0.717) is 12.6 Å². The van der Waals surface area contributed by atoms with Crippen LogP contribution in [0, 0.1) is 0 Å². The zero-order valence-electron chi connectivity index (χ0n) is 10.9. The summed E-state index contributed by atoms with van der Waals surface area (Å²) >= 11 is 1.63. The SMILES string of the molecule is OC(CNC1CCc2ccccc2C1)c1ccsc1. The van der Waals surface area contributed by atoms with Gasteiger partial charge < -0.3 is 10.4 Å². The molecule has 0 fully saturated rings. The number of rotatable bonds is 4. The largest absolute Gasteiger partial charge is 0.387 e. The average Bonchev–Trinajstić information content (AvgIpc) is 2.99. The van der Waals surface area contributed by atoms with Gasteiger partial charge in [0.2, 0.25) is 0 Å². The highest BCUT2D eigenvalue weighted by Crippen LogP contribution is 2.22. The second-order valence-corrected chi connectivity index (χ2v) is 5.97. The first-order valence-electron chi connectivity index (χ1n) is 6.83. The molecule has 0 aliphatic heterocycles. The molecule has 2 N–H and O–H groups in total. The predicted octanol–water partition coefficient (Wildman–Crippen LogP) is 2.93. The number of aliphatic hydroxyl groups excluding tert-OH is 1. The lowest BCUT2D eigenvalue weighted by Gasteiger charge is -2.26. The molecule has 0 spiro atoms. The van der Waals surface area contributed by atoms with E-state index in [0.717, 1.165) is 24.8 Å².